The fourth-order valence-corrected chi connectivity index (χ4v) is 3.83. The van der Waals surface area contributed by atoms with Crippen LogP contribution in [0.15, 0.2) is 40.4 Å². The first-order valence-electron chi connectivity index (χ1n) is 7.07. The van der Waals surface area contributed by atoms with E-state index in [0.717, 1.165) is 15.4 Å². The molecule has 0 aliphatic carbocycles. The molecule has 2 heterocycles. The lowest BCUT2D eigenvalue weighted by Gasteiger charge is -2.05. The number of fused-ring (bicyclic) bond motifs is 1. The van der Waals surface area contributed by atoms with Gasteiger partial charge in [0.25, 0.3) is 5.91 Å². The van der Waals surface area contributed by atoms with Gasteiger partial charge in [0.2, 0.25) is 0 Å². The van der Waals surface area contributed by atoms with Crippen molar-refractivity contribution in [1.82, 2.24) is 20.6 Å². The Labute approximate surface area is 146 Å². The summed E-state index contributed by atoms with van der Waals surface area (Å²) in [6.07, 6.45) is 3.11. The number of halogens is 1. The van der Waals surface area contributed by atoms with Crippen molar-refractivity contribution in [3.05, 3.63) is 57.4 Å². The molecule has 0 radical (unpaired) electrons. The maximum Gasteiger partial charge on any atom is 0.254 e. The summed E-state index contributed by atoms with van der Waals surface area (Å²) in [7, 11) is 1.83. The molecule has 7 heteroatoms. The summed E-state index contributed by atoms with van der Waals surface area (Å²) >= 11 is 5.21. The summed E-state index contributed by atoms with van der Waals surface area (Å²) in [5.41, 5.74) is 1.57. The summed E-state index contributed by atoms with van der Waals surface area (Å²) < 4.78 is 2.27. The summed E-state index contributed by atoms with van der Waals surface area (Å²) in [5, 5.41) is 9.12. The highest BCUT2D eigenvalue weighted by Crippen LogP contribution is 2.32. The Balaban J connectivity index is 1.69. The van der Waals surface area contributed by atoms with Crippen LogP contribution in [0.5, 0.6) is 0 Å². The second-order valence-electron chi connectivity index (χ2n) is 4.98. The van der Waals surface area contributed by atoms with Crippen LogP contribution >= 0.6 is 27.3 Å². The number of amides is 1. The van der Waals surface area contributed by atoms with Crippen LogP contribution < -0.4 is 10.6 Å². The number of hydrogen-bond acceptors (Lipinski definition) is 5. The van der Waals surface area contributed by atoms with E-state index in [1.807, 2.05) is 19.2 Å². The third-order valence-corrected chi connectivity index (χ3v) is 5.37. The highest BCUT2D eigenvalue weighted by molar-refractivity contribution is 9.10. The molecule has 3 aromatic rings. The lowest BCUT2D eigenvalue weighted by atomic mass is 10.2. The monoisotopic (exact) mass is 390 g/mol. The first-order valence-corrected chi connectivity index (χ1v) is 8.74. The average Bonchev–Trinajstić information content (AvgIpc) is 2.98. The zero-order valence-electron chi connectivity index (χ0n) is 12.5. The van der Waals surface area contributed by atoms with Crippen molar-refractivity contribution in [3.63, 3.8) is 0 Å². The van der Waals surface area contributed by atoms with E-state index < -0.39 is 0 Å². The molecule has 118 valence electrons. The molecular weight excluding hydrogens is 376 g/mol. The molecule has 1 amide bonds. The molecule has 5 nitrogen and oxygen atoms in total. The van der Waals surface area contributed by atoms with Gasteiger partial charge in [-0.2, -0.15) is 0 Å². The van der Waals surface area contributed by atoms with Crippen molar-refractivity contribution < 1.29 is 4.79 Å². The van der Waals surface area contributed by atoms with Gasteiger partial charge in [-0.15, -0.1) is 11.3 Å². The molecule has 0 aliphatic heterocycles. The van der Waals surface area contributed by atoms with E-state index in [0.29, 0.717) is 24.5 Å². The molecule has 0 spiro atoms. The molecule has 3 rings (SSSR count). The number of aromatic nitrogens is 2. The second-order valence-corrected chi connectivity index (χ2v) is 6.71. The molecule has 23 heavy (non-hydrogen) atoms. The highest BCUT2D eigenvalue weighted by atomic mass is 79.9. The number of nitrogens with one attached hydrogen (secondary N) is 2. The van der Waals surface area contributed by atoms with E-state index in [1.165, 1.54) is 4.70 Å². The third-order valence-electron chi connectivity index (χ3n) is 3.37. The zero-order valence-corrected chi connectivity index (χ0v) is 14.9. The molecular formula is C16H15BrN4OS. The summed E-state index contributed by atoms with van der Waals surface area (Å²) in [5.74, 6) is 0.494. The van der Waals surface area contributed by atoms with Gasteiger partial charge in [0.05, 0.1) is 12.1 Å². The summed E-state index contributed by atoms with van der Waals surface area (Å²) in [6.45, 7) is 1.06. The highest BCUT2D eigenvalue weighted by Gasteiger charge is 2.10. The number of carbonyl (C=O) groups is 1. The van der Waals surface area contributed by atoms with Gasteiger partial charge in [-0.25, -0.2) is 9.97 Å². The van der Waals surface area contributed by atoms with Gasteiger partial charge in [0.1, 0.15) is 5.82 Å². The first kappa shape index (κ1) is 16.0. The van der Waals surface area contributed by atoms with Crippen LogP contribution in [-0.2, 0) is 13.1 Å². The van der Waals surface area contributed by atoms with Gasteiger partial charge in [-0.3, -0.25) is 4.79 Å². The Morgan fingerprint density at radius 2 is 2.04 bits per heavy atom. The number of thiophene rings is 1. The lowest BCUT2D eigenvalue weighted by molar-refractivity contribution is 0.0950. The Hall–Kier alpha value is -1.83. The van der Waals surface area contributed by atoms with E-state index in [2.05, 4.69) is 48.0 Å². The molecule has 1 aromatic carbocycles. The quantitative estimate of drug-likeness (QED) is 0.702. The van der Waals surface area contributed by atoms with Crippen molar-refractivity contribution in [1.29, 1.82) is 0 Å². The number of hydrogen-bond donors (Lipinski definition) is 2. The SMILES string of the molecule is CNCc1ncc(C(=O)NCc2csc3c(Br)cccc23)cn1. The molecule has 0 atom stereocenters. The minimum absolute atomic E-state index is 0.171. The van der Waals surface area contributed by atoms with Crippen molar-refractivity contribution in [2.45, 2.75) is 13.1 Å². The minimum atomic E-state index is -0.171. The van der Waals surface area contributed by atoms with Crippen molar-refractivity contribution in [2.24, 2.45) is 0 Å². The van der Waals surface area contributed by atoms with Crippen LogP contribution in [0.3, 0.4) is 0 Å². The van der Waals surface area contributed by atoms with Crippen LogP contribution in [0.1, 0.15) is 21.7 Å². The largest absolute Gasteiger partial charge is 0.348 e. The standard InChI is InChI=1S/C16H15BrN4OS/c1-18-8-14-19-5-10(6-20-14)16(22)21-7-11-9-23-15-12(11)3-2-4-13(15)17/h2-6,9,18H,7-8H2,1H3,(H,21,22). The Bertz CT molecular complexity index is 832. The molecule has 0 fully saturated rings. The molecule has 0 saturated carbocycles. The van der Waals surface area contributed by atoms with E-state index in [1.54, 1.807) is 23.7 Å². The predicted molar refractivity (Wildman–Crippen MR) is 95.5 cm³/mol. The number of rotatable bonds is 5. The Kier molecular flexibility index (Phi) is 5.00. The van der Waals surface area contributed by atoms with Gasteiger partial charge in [-0.1, -0.05) is 12.1 Å². The van der Waals surface area contributed by atoms with Crippen LogP contribution in [0.4, 0.5) is 0 Å². The minimum Gasteiger partial charge on any atom is -0.348 e. The Morgan fingerprint density at radius 1 is 1.26 bits per heavy atom. The molecule has 0 aliphatic rings. The van der Waals surface area contributed by atoms with Crippen molar-refractivity contribution >= 4 is 43.3 Å². The number of nitrogens with zero attached hydrogens (tertiary/aromatic N) is 2. The van der Waals surface area contributed by atoms with Crippen LogP contribution in [0.2, 0.25) is 0 Å². The van der Waals surface area contributed by atoms with Crippen LogP contribution in [-0.4, -0.2) is 22.9 Å². The van der Waals surface area contributed by atoms with Gasteiger partial charge < -0.3 is 10.6 Å². The fourth-order valence-electron chi connectivity index (χ4n) is 2.21. The van der Waals surface area contributed by atoms with E-state index in [4.69, 9.17) is 0 Å². The third kappa shape index (κ3) is 3.57. The average molecular weight is 391 g/mol. The topological polar surface area (TPSA) is 66.9 Å². The lowest BCUT2D eigenvalue weighted by Crippen LogP contribution is -2.23. The number of carbonyl (C=O) groups excluding carboxylic acids is 1. The first-order chi connectivity index (χ1) is 11.2. The van der Waals surface area contributed by atoms with Crippen molar-refractivity contribution in [3.8, 4) is 0 Å². The van der Waals surface area contributed by atoms with Crippen molar-refractivity contribution in [2.75, 3.05) is 7.05 Å². The van der Waals surface area contributed by atoms with Gasteiger partial charge in [0, 0.05) is 28.1 Å². The molecule has 2 aromatic heterocycles. The Morgan fingerprint density at radius 3 is 2.78 bits per heavy atom. The van der Waals surface area contributed by atoms with Crippen LogP contribution in [0.25, 0.3) is 10.1 Å². The molecule has 0 saturated heterocycles. The molecule has 0 unspecified atom stereocenters. The summed E-state index contributed by atoms with van der Waals surface area (Å²) in [6, 6.07) is 6.08. The smallest absolute Gasteiger partial charge is 0.254 e. The van der Waals surface area contributed by atoms with E-state index >= 15 is 0 Å². The summed E-state index contributed by atoms with van der Waals surface area (Å²) in [4.78, 5) is 20.5. The zero-order chi connectivity index (χ0) is 16.2. The molecule has 0 bridgehead atoms. The van der Waals surface area contributed by atoms with E-state index in [9.17, 15) is 4.79 Å². The normalized spacial score (nSPS) is 10.9. The number of benzene rings is 1. The molecule has 2 N–H and O–H groups in total. The van der Waals surface area contributed by atoms with E-state index in [-0.39, 0.29) is 5.91 Å². The van der Waals surface area contributed by atoms with Crippen LogP contribution in [0, 0.1) is 0 Å². The predicted octanol–water partition coefficient (Wildman–Crippen LogP) is 3.10. The fraction of sp³-hybridized carbons (Fsp3) is 0.188. The van der Waals surface area contributed by atoms with Gasteiger partial charge in [0.15, 0.2) is 0 Å². The van der Waals surface area contributed by atoms with Gasteiger partial charge in [-0.05, 0) is 45.4 Å². The second kappa shape index (κ2) is 7.16. The maximum absolute atomic E-state index is 12.2. The van der Waals surface area contributed by atoms with Gasteiger partial charge >= 0.3 is 0 Å². The maximum atomic E-state index is 12.2.